The topological polar surface area (TPSA) is 20.3 Å². The number of benzene rings is 1. The van der Waals surface area contributed by atoms with Crippen LogP contribution in [0, 0.1) is 5.82 Å². The molecule has 2 atom stereocenters. The minimum absolute atomic E-state index is 0.0582. The summed E-state index contributed by atoms with van der Waals surface area (Å²) in [6.07, 6.45) is 4.78. The van der Waals surface area contributed by atoms with Gasteiger partial charge in [-0.1, -0.05) is 31.0 Å². The number of carbonyl (C=O) groups excluding carboxylic acids is 1. The molecule has 1 aliphatic rings. The van der Waals surface area contributed by atoms with Crippen LogP contribution in [0.2, 0.25) is 0 Å². The van der Waals surface area contributed by atoms with Crippen molar-refractivity contribution in [2.75, 3.05) is 7.05 Å². The first-order valence-electron chi connectivity index (χ1n) is 7.10. The van der Waals surface area contributed by atoms with Gasteiger partial charge >= 0.3 is 0 Å². The minimum atomic E-state index is -0.192. The number of carbonyl (C=O) groups is 1. The lowest BCUT2D eigenvalue weighted by atomic mass is 10.0. The van der Waals surface area contributed by atoms with Gasteiger partial charge in [-0.25, -0.2) is 4.39 Å². The van der Waals surface area contributed by atoms with Gasteiger partial charge in [-0.05, 0) is 32.9 Å². The second-order valence-corrected chi connectivity index (χ2v) is 5.44. The van der Waals surface area contributed by atoms with Crippen LogP contribution in [0.5, 0.6) is 0 Å². The van der Waals surface area contributed by atoms with Crippen molar-refractivity contribution in [3.8, 4) is 0 Å². The van der Waals surface area contributed by atoms with E-state index in [-0.39, 0.29) is 17.9 Å². The molecule has 0 aliphatic heterocycles. The highest BCUT2D eigenvalue weighted by molar-refractivity contribution is 5.84. The fraction of sp³-hybridized carbons (Fsp3) is 0.562. The zero-order chi connectivity index (χ0) is 13.8. The van der Waals surface area contributed by atoms with Crippen molar-refractivity contribution in [1.29, 1.82) is 0 Å². The maximum absolute atomic E-state index is 13.8. The molecule has 0 aromatic heterocycles. The summed E-state index contributed by atoms with van der Waals surface area (Å²) in [5.74, 6) is 0.117. The maximum Gasteiger partial charge on any atom is 0.149 e. The van der Waals surface area contributed by atoms with Gasteiger partial charge < -0.3 is 0 Å². The minimum Gasteiger partial charge on any atom is -0.298 e. The van der Waals surface area contributed by atoms with Gasteiger partial charge in [0, 0.05) is 18.0 Å². The second-order valence-electron chi connectivity index (χ2n) is 5.44. The number of likely N-dealkylation sites (N-methyl/N-ethyl adjacent to an activating group) is 1. The fourth-order valence-corrected chi connectivity index (χ4v) is 2.88. The number of ketones is 1. The molecule has 2 nitrogen and oxygen atoms in total. The molecule has 0 radical (unpaired) electrons. The second kappa shape index (κ2) is 6.29. The average Bonchev–Trinajstić information content (AvgIpc) is 2.62. The Morgan fingerprint density at radius 3 is 2.74 bits per heavy atom. The van der Waals surface area contributed by atoms with Gasteiger partial charge in [0.25, 0.3) is 0 Å². The number of hydrogen-bond acceptors (Lipinski definition) is 2. The van der Waals surface area contributed by atoms with Gasteiger partial charge in [-0.15, -0.1) is 0 Å². The highest BCUT2D eigenvalue weighted by Crippen LogP contribution is 2.27. The normalized spacial score (nSPS) is 22.3. The van der Waals surface area contributed by atoms with E-state index in [1.165, 1.54) is 6.07 Å². The molecule has 0 saturated heterocycles. The van der Waals surface area contributed by atoms with Gasteiger partial charge in [0.2, 0.25) is 0 Å². The van der Waals surface area contributed by atoms with Crippen LogP contribution in [-0.4, -0.2) is 23.8 Å². The smallest absolute Gasteiger partial charge is 0.149 e. The van der Waals surface area contributed by atoms with Crippen molar-refractivity contribution >= 4 is 5.78 Å². The quantitative estimate of drug-likeness (QED) is 0.775. The van der Waals surface area contributed by atoms with E-state index in [4.69, 9.17) is 0 Å². The first-order chi connectivity index (χ1) is 9.11. The lowest BCUT2D eigenvalue weighted by Crippen LogP contribution is -2.39. The third kappa shape index (κ3) is 3.21. The summed E-state index contributed by atoms with van der Waals surface area (Å²) in [6, 6.07) is 6.69. The van der Waals surface area contributed by atoms with Crippen LogP contribution in [0.15, 0.2) is 24.3 Å². The lowest BCUT2D eigenvalue weighted by molar-refractivity contribution is -0.124. The Morgan fingerprint density at radius 1 is 1.26 bits per heavy atom. The van der Waals surface area contributed by atoms with E-state index in [0.717, 1.165) is 25.7 Å². The molecule has 2 unspecified atom stereocenters. The van der Waals surface area contributed by atoms with Crippen molar-refractivity contribution < 1.29 is 9.18 Å². The number of halogens is 1. The SMILES string of the molecule is CC(c1ccccc1F)N(C)C1CCCCCC1=O. The Labute approximate surface area is 114 Å². The molecule has 0 amide bonds. The zero-order valence-electron chi connectivity index (χ0n) is 11.7. The Hall–Kier alpha value is -1.22. The predicted molar refractivity (Wildman–Crippen MR) is 74.5 cm³/mol. The molecule has 1 fully saturated rings. The molecule has 1 saturated carbocycles. The summed E-state index contributed by atoms with van der Waals surface area (Å²) in [5.41, 5.74) is 0.669. The average molecular weight is 263 g/mol. The number of nitrogens with zero attached hydrogens (tertiary/aromatic N) is 1. The van der Waals surface area contributed by atoms with Gasteiger partial charge in [0.15, 0.2) is 0 Å². The molecule has 1 aromatic rings. The van der Waals surface area contributed by atoms with E-state index in [9.17, 15) is 9.18 Å². The third-order valence-corrected chi connectivity index (χ3v) is 4.23. The largest absolute Gasteiger partial charge is 0.298 e. The third-order valence-electron chi connectivity index (χ3n) is 4.23. The highest BCUT2D eigenvalue weighted by atomic mass is 19.1. The molecule has 19 heavy (non-hydrogen) atoms. The molecular formula is C16H22FNO. The fourth-order valence-electron chi connectivity index (χ4n) is 2.88. The molecule has 2 rings (SSSR count). The molecule has 0 N–H and O–H groups in total. The zero-order valence-corrected chi connectivity index (χ0v) is 11.7. The Balaban J connectivity index is 2.16. The Kier molecular flexibility index (Phi) is 4.70. The van der Waals surface area contributed by atoms with Crippen molar-refractivity contribution in [3.05, 3.63) is 35.6 Å². The van der Waals surface area contributed by atoms with Crippen molar-refractivity contribution in [1.82, 2.24) is 4.90 Å². The summed E-state index contributed by atoms with van der Waals surface area (Å²) < 4.78 is 13.8. The van der Waals surface area contributed by atoms with Crippen LogP contribution < -0.4 is 0 Å². The van der Waals surface area contributed by atoms with Gasteiger partial charge in [-0.2, -0.15) is 0 Å². The summed E-state index contributed by atoms with van der Waals surface area (Å²) >= 11 is 0. The molecule has 104 valence electrons. The van der Waals surface area contributed by atoms with Crippen molar-refractivity contribution in [2.24, 2.45) is 0 Å². The number of hydrogen-bond donors (Lipinski definition) is 0. The van der Waals surface area contributed by atoms with Crippen LogP contribution in [0.25, 0.3) is 0 Å². The number of Topliss-reactive ketones (excluding diaryl/α,β-unsaturated/α-hetero) is 1. The van der Waals surface area contributed by atoms with E-state index in [2.05, 4.69) is 0 Å². The summed E-state index contributed by atoms with van der Waals surface area (Å²) in [7, 11) is 1.94. The lowest BCUT2D eigenvalue weighted by Gasteiger charge is -2.32. The Bertz CT molecular complexity index is 446. The van der Waals surface area contributed by atoms with Crippen LogP contribution >= 0.6 is 0 Å². The predicted octanol–water partition coefficient (Wildman–Crippen LogP) is 3.72. The molecule has 0 spiro atoms. The summed E-state index contributed by atoms with van der Waals surface area (Å²) in [5, 5.41) is 0. The van der Waals surface area contributed by atoms with Gasteiger partial charge in [0.1, 0.15) is 11.6 Å². The van der Waals surface area contributed by atoms with Gasteiger partial charge in [-0.3, -0.25) is 9.69 Å². The molecule has 0 bridgehead atoms. The first-order valence-corrected chi connectivity index (χ1v) is 7.10. The highest BCUT2D eigenvalue weighted by Gasteiger charge is 2.28. The molecule has 1 aliphatic carbocycles. The van der Waals surface area contributed by atoms with E-state index in [1.54, 1.807) is 12.1 Å². The number of rotatable bonds is 3. The molecule has 3 heteroatoms. The van der Waals surface area contributed by atoms with Crippen LogP contribution in [0.4, 0.5) is 4.39 Å². The summed E-state index contributed by atoms with van der Waals surface area (Å²) in [6.45, 7) is 1.97. The standard InChI is InChI=1S/C16H22FNO/c1-12(13-8-6-7-9-14(13)17)18(2)15-10-4-3-5-11-16(15)19/h6-9,12,15H,3-5,10-11H2,1-2H3. The summed E-state index contributed by atoms with van der Waals surface area (Å²) in [4.78, 5) is 14.2. The van der Waals surface area contributed by atoms with E-state index in [1.807, 2.05) is 24.9 Å². The molecule has 1 aromatic carbocycles. The van der Waals surface area contributed by atoms with Crippen LogP contribution in [0.3, 0.4) is 0 Å². The van der Waals surface area contributed by atoms with Crippen LogP contribution in [0.1, 0.15) is 50.6 Å². The maximum atomic E-state index is 13.8. The monoisotopic (exact) mass is 263 g/mol. The van der Waals surface area contributed by atoms with E-state index >= 15 is 0 Å². The molecular weight excluding hydrogens is 241 g/mol. The van der Waals surface area contributed by atoms with Crippen LogP contribution in [-0.2, 0) is 4.79 Å². The van der Waals surface area contributed by atoms with Gasteiger partial charge in [0.05, 0.1) is 6.04 Å². The van der Waals surface area contributed by atoms with E-state index in [0.29, 0.717) is 17.8 Å². The van der Waals surface area contributed by atoms with E-state index < -0.39 is 0 Å². The van der Waals surface area contributed by atoms with Crippen molar-refractivity contribution in [3.63, 3.8) is 0 Å². The first kappa shape index (κ1) is 14.2. The van der Waals surface area contributed by atoms with Crippen molar-refractivity contribution in [2.45, 2.75) is 51.1 Å². The Morgan fingerprint density at radius 2 is 2.00 bits per heavy atom. The molecule has 0 heterocycles.